The average molecular weight is 372 g/mol. The third-order valence-corrected chi connectivity index (χ3v) is 4.50. The number of aromatic nitrogens is 2. The Morgan fingerprint density at radius 3 is 2.74 bits per heavy atom. The van der Waals surface area contributed by atoms with Gasteiger partial charge in [0.25, 0.3) is 0 Å². The largest absolute Gasteiger partial charge is 0.478 e. The normalized spacial score (nSPS) is 15.4. The second kappa shape index (κ2) is 9.29. The molecule has 2 heterocycles. The van der Waals surface area contributed by atoms with Gasteiger partial charge in [0, 0.05) is 51.3 Å². The van der Waals surface area contributed by atoms with E-state index in [0.29, 0.717) is 13.0 Å². The van der Waals surface area contributed by atoms with Crippen LogP contribution in [0.4, 0.5) is 0 Å². The smallest absolute Gasteiger partial charge is 0.328 e. The van der Waals surface area contributed by atoms with Crippen molar-refractivity contribution in [1.29, 1.82) is 0 Å². The van der Waals surface area contributed by atoms with E-state index in [4.69, 9.17) is 14.8 Å². The molecule has 0 bridgehead atoms. The summed E-state index contributed by atoms with van der Waals surface area (Å²) in [7, 11) is 0. The van der Waals surface area contributed by atoms with Crippen LogP contribution in [0.2, 0.25) is 0 Å². The van der Waals surface area contributed by atoms with Crippen molar-refractivity contribution in [2.24, 2.45) is 0 Å². The molecule has 1 fully saturated rings. The molecule has 0 atom stereocenters. The molecule has 8 heteroatoms. The third-order valence-electron chi connectivity index (χ3n) is 4.50. The van der Waals surface area contributed by atoms with E-state index in [1.165, 1.54) is 0 Å². The molecule has 1 aromatic carbocycles. The van der Waals surface area contributed by atoms with Gasteiger partial charge in [-0.2, -0.15) is 0 Å². The van der Waals surface area contributed by atoms with E-state index in [1.807, 2.05) is 18.2 Å². The second-order valence-electron chi connectivity index (χ2n) is 6.33. The Morgan fingerprint density at radius 2 is 1.96 bits per heavy atom. The van der Waals surface area contributed by atoms with Crippen molar-refractivity contribution in [3.05, 3.63) is 42.2 Å². The number of fused-ring (bicyclic) bond motifs is 1. The number of nitrogens with zero attached hydrogens (tertiary/aromatic N) is 3. The molecule has 0 unspecified atom stereocenters. The number of ether oxygens (including phenoxy) is 1. The molecular formula is C19H24N4O4. The van der Waals surface area contributed by atoms with Gasteiger partial charge in [-0.25, -0.2) is 9.78 Å². The molecule has 0 spiro atoms. The second-order valence-corrected chi connectivity index (χ2v) is 6.33. The molecule has 1 aromatic heterocycles. The van der Waals surface area contributed by atoms with Crippen LogP contribution in [0, 0.1) is 0 Å². The predicted octanol–water partition coefficient (Wildman–Crippen LogP) is 0.668. The van der Waals surface area contributed by atoms with Crippen LogP contribution in [0.3, 0.4) is 0 Å². The standard InChI is InChI=1S/C19H24N4O4/c24-18(5-6-19(25)26)20-8-7-17-21-15-3-1-2-4-16(15)23(17)10-9-22-11-13-27-14-12-22/h1-6H,7-14H2,(H,20,24)(H,25,26)/b6-5+. The first kappa shape index (κ1) is 19.1. The summed E-state index contributed by atoms with van der Waals surface area (Å²) in [5.41, 5.74) is 2.02. The lowest BCUT2D eigenvalue weighted by Crippen LogP contribution is -2.38. The maximum absolute atomic E-state index is 11.6. The van der Waals surface area contributed by atoms with Crippen molar-refractivity contribution in [2.45, 2.75) is 13.0 Å². The van der Waals surface area contributed by atoms with Crippen LogP contribution in [-0.4, -0.2) is 70.8 Å². The molecule has 3 rings (SSSR count). The van der Waals surface area contributed by atoms with Gasteiger partial charge in [0.2, 0.25) is 5.91 Å². The van der Waals surface area contributed by atoms with Gasteiger partial charge in [-0.3, -0.25) is 9.69 Å². The number of para-hydroxylation sites is 2. The molecule has 0 saturated carbocycles. The topological polar surface area (TPSA) is 96.7 Å². The first-order valence-corrected chi connectivity index (χ1v) is 9.06. The summed E-state index contributed by atoms with van der Waals surface area (Å²) in [6, 6.07) is 8.00. The van der Waals surface area contributed by atoms with Gasteiger partial charge in [0.05, 0.1) is 24.2 Å². The molecule has 2 aromatic rings. The van der Waals surface area contributed by atoms with E-state index in [0.717, 1.165) is 68.4 Å². The molecule has 8 nitrogen and oxygen atoms in total. The zero-order valence-electron chi connectivity index (χ0n) is 15.1. The summed E-state index contributed by atoms with van der Waals surface area (Å²) in [4.78, 5) is 29.2. The van der Waals surface area contributed by atoms with Gasteiger partial charge in [-0.1, -0.05) is 12.1 Å². The fraction of sp³-hybridized carbons (Fsp3) is 0.421. The number of hydrogen-bond donors (Lipinski definition) is 2. The number of benzene rings is 1. The number of carboxylic acids is 1. The monoisotopic (exact) mass is 372 g/mol. The lowest BCUT2D eigenvalue weighted by Gasteiger charge is -2.27. The summed E-state index contributed by atoms with van der Waals surface area (Å²) in [5.74, 6) is -0.657. The van der Waals surface area contributed by atoms with Crippen LogP contribution in [0.1, 0.15) is 5.82 Å². The first-order valence-electron chi connectivity index (χ1n) is 9.06. The van der Waals surface area contributed by atoms with E-state index in [1.54, 1.807) is 0 Å². The lowest BCUT2D eigenvalue weighted by molar-refractivity contribution is -0.131. The van der Waals surface area contributed by atoms with Crippen molar-refractivity contribution >= 4 is 22.9 Å². The van der Waals surface area contributed by atoms with Gasteiger partial charge in [-0.15, -0.1) is 0 Å². The van der Waals surface area contributed by atoms with Gasteiger partial charge >= 0.3 is 5.97 Å². The van der Waals surface area contributed by atoms with E-state index in [-0.39, 0.29) is 0 Å². The van der Waals surface area contributed by atoms with E-state index < -0.39 is 11.9 Å². The molecule has 144 valence electrons. The number of carbonyl (C=O) groups excluding carboxylic acids is 1. The summed E-state index contributed by atoms with van der Waals surface area (Å²) < 4.78 is 7.60. The molecule has 27 heavy (non-hydrogen) atoms. The Balaban J connectivity index is 1.64. The lowest BCUT2D eigenvalue weighted by atomic mass is 10.3. The van der Waals surface area contributed by atoms with Crippen molar-refractivity contribution in [3.8, 4) is 0 Å². The summed E-state index contributed by atoms with van der Waals surface area (Å²) in [6.45, 7) is 5.56. The maximum atomic E-state index is 11.6. The molecule has 1 saturated heterocycles. The fourth-order valence-corrected chi connectivity index (χ4v) is 3.14. The molecule has 2 N–H and O–H groups in total. The number of aliphatic carboxylic acids is 1. The van der Waals surface area contributed by atoms with E-state index in [2.05, 4.69) is 20.9 Å². The number of carbonyl (C=O) groups is 2. The third kappa shape index (κ3) is 5.38. The maximum Gasteiger partial charge on any atom is 0.328 e. The Morgan fingerprint density at radius 1 is 1.19 bits per heavy atom. The first-order chi connectivity index (χ1) is 13.1. The molecule has 0 aliphatic carbocycles. The molecular weight excluding hydrogens is 348 g/mol. The minimum Gasteiger partial charge on any atom is -0.478 e. The Hall–Kier alpha value is -2.71. The minimum atomic E-state index is -1.14. The van der Waals surface area contributed by atoms with Crippen LogP contribution in [0.15, 0.2) is 36.4 Å². The van der Waals surface area contributed by atoms with Crippen LogP contribution in [0.25, 0.3) is 11.0 Å². The molecule has 1 aliphatic rings. The average Bonchev–Trinajstić information content (AvgIpc) is 3.03. The fourth-order valence-electron chi connectivity index (χ4n) is 3.14. The minimum absolute atomic E-state index is 0.393. The van der Waals surface area contributed by atoms with Crippen LogP contribution < -0.4 is 5.32 Å². The SMILES string of the molecule is O=C(O)/C=C/C(=O)NCCc1nc2ccccc2n1CCN1CCOCC1. The Labute approximate surface area is 157 Å². The highest BCUT2D eigenvalue weighted by atomic mass is 16.5. The number of hydrogen-bond acceptors (Lipinski definition) is 5. The van der Waals surface area contributed by atoms with Crippen molar-refractivity contribution in [1.82, 2.24) is 19.8 Å². The highest BCUT2D eigenvalue weighted by molar-refractivity contribution is 5.93. The number of nitrogens with one attached hydrogen (secondary N) is 1. The van der Waals surface area contributed by atoms with Gasteiger partial charge in [-0.05, 0) is 12.1 Å². The highest BCUT2D eigenvalue weighted by Gasteiger charge is 2.14. The number of morpholine rings is 1. The molecule has 1 aliphatic heterocycles. The van der Waals surface area contributed by atoms with Crippen LogP contribution in [-0.2, 0) is 27.3 Å². The van der Waals surface area contributed by atoms with Crippen LogP contribution in [0.5, 0.6) is 0 Å². The highest BCUT2D eigenvalue weighted by Crippen LogP contribution is 2.16. The molecule has 0 radical (unpaired) electrons. The summed E-state index contributed by atoms with van der Waals surface area (Å²) in [5, 5.41) is 11.3. The number of carboxylic acid groups (broad SMARTS) is 1. The van der Waals surface area contributed by atoms with Crippen molar-refractivity contribution < 1.29 is 19.4 Å². The van der Waals surface area contributed by atoms with Gasteiger partial charge < -0.3 is 19.7 Å². The Bertz CT molecular complexity index is 824. The van der Waals surface area contributed by atoms with Gasteiger partial charge in [0.15, 0.2) is 0 Å². The summed E-state index contributed by atoms with van der Waals surface area (Å²) in [6.07, 6.45) is 2.42. The van der Waals surface area contributed by atoms with E-state index in [9.17, 15) is 9.59 Å². The predicted molar refractivity (Wildman–Crippen MR) is 100 cm³/mol. The number of amides is 1. The van der Waals surface area contributed by atoms with Gasteiger partial charge in [0.1, 0.15) is 5.82 Å². The van der Waals surface area contributed by atoms with Crippen molar-refractivity contribution in [3.63, 3.8) is 0 Å². The zero-order valence-corrected chi connectivity index (χ0v) is 15.1. The number of imidazole rings is 1. The quantitative estimate of drug-likeness (QED) is 0.661. The summed E-state index contributed by atoms with van der Waals surface area (Å²) >= 11 is 0. The van der Waals surface area contributed by atoms with Crippen LogP contribution >= 0.6 is 0 Å². The molecule has 1 amide bonds. The zero-order chi connectivity index (χ0) is 19.1. The number of rotatable bonds is 8. The van der Waals surface area contributed by atoms with E-state index >= 15 is 0 Å². The van der Waals surface area contributed by atoms with Crippen molar-refractivity contribution in [2.75, 3.05) is 39.4 Å². The Kier molecular flexibility index (Phi) is 6.56.